The molecule has 0 unspecified atom stereocenters. The summed E-state index contributed by atoms with van der Waals surface area (Å²) in [6.45, 7) is 4.28. The third-order valence-electron chi connectivity index (χ3n) is 4.02. The minimum absolute atomic E-state index is 0.147. The van der Waals surface area contributed by atoms with Crippen molar-refractivity contribution in [2.24, 2.45) is 5.41 Å². The Morgan fingerprint density at radius 1 is 1.17 bits per heavy atom. The number of fused-ring (bicyclic) bond motifs is 3. The molecule has 0 N–H and O–H groups in total. The van der Waals surface area contributed by atoms with Crippen molar-refractivity contribution in [1.29, 1.82) is 0 Å². The van der Waals surface area contributed by atoms with Gasteiger partial charge in [-0.15, -0.1) is 0 Å². The summed E-state index contributed by atoms with van der Waals surface area (Å²) in [7, 11) is 0. The van der Waals surface area contributed by atoms with Gasteiger partial charge in [-0.1, -0.05) is 0 Å². The van der Waals surface area contributed by atoms with Crippen LogP contribution >= 0.6 is 0 Å². The van der Waals surface area contributed by atoms with E-state index in [1.807, 2.05) is 6.92 Å². The van der Waals surface area contributed by atoms with E-state index < -0.39 is 5.41 Å². The van der Waals surface area contributed by atoms with Crippen molar-refractivity contribution in [1.82, 2.24) is 0 Å². The number of rotatable bonds is 4. The lowest BCUT2D eigenvalue weighted by Crippen LogP contribution is -2.56. The van der Waals surface area contributed by atoms with E-state index in [0.717, 1.165) is 25.7 Å². The predicted molar refractivity (Wildman–Crippen MR) is 62.9 cm³/mol. The minimum atomic E-state index is -0.464. The molecule has 0 aromatic rings. The maximum absolute atomic E-state index is 12.0. The van der Waals surface area contributed by atoms with Crippen LogP contribution in [0.4, 0.5) is 0 Å². The van der Waals surface area contributed by atoms with Crippen LogP contribution in [0.2, 0.25) is 0 Å². The molecule has 0 spiro atoms. The highest BCUT2D eigenvalue weighted by molar-refractivity contribution is 5.77. The summed E-state index contributed by atoms with van der Waals surface area (Å²) in [4.78, 5) is 22.8. The second-order valence-corrected chi connectivity index (χ2v) is 5.25. The smallest absolute Gasteiger partial charge is 0.314 e. The fourth-order valence-electron chi connectivity index (χ4n) is 2.73. The number of carbonyl (C=O) groups excluding carboxylic acids is 2. The Hall–Kier alpha value is -1.10. The van der Waals surface area contributed by atoms with E-state index in [-0.39, 0.29) is 17.5 Å². The molecule has 1 saturated carbocycles. The summed E-state index contributed by atoms with van der Waals surface area (Å²) in [5.74, 6) is -0.438. The number of hydrogen-bond donors (Lipinski definition) is 0. The van der Waals surface area contributed by atoms with Gasteiger partial charge in [0.1, 0.15) is 12.2 Å². The lowest BCUT2D eigenvalue weighted by atomic mass is 9.66. The molecular weight excluding hydrogens is 236 g/mol. The molecule has 0 aromatic heterocycles. The summed E-state index contributed by atoms with van der Waals surface area (Å²) >= 11 is 0. The SMILES string of the molecule is CCOC(=O)C12CCC(COC(C)=O)(CC1)OC2. The molecule has 0 aromatic carbocycles. The Bertz CT molecular complexity index is 325. The maximum atomic E-state index is 12.0. The van der Waals surface area contributed by atoms with E-state index in [2.05, 4.69) is 0 Å². The Morgan fingerprint density at radius 2 is 1.83 bits per heavy atom. The number of esters is 2. The zero-order chi connectivity index (χ0) is 13.2. The van der Waals surface area contributed by atoms with Crippen molar-refractivity contribution in [3.8, 4) is 0 Å². The zero-order valence-corrected chi connectivity index (χ0v) is 11.0. The Morgan fingerprint density at radius 3 is 2.28 bits per heavy atom. The van der Waals surface area contributed by atoms with Crippen molar-refractivity contribution in [3.05, 3.63) is 0 Å². The molecule has 5 heteroatoms. The van der Waals surface area contributed by atoms with Crippen molar-refractivity contribution in [2.45, 2.75) is 45.1 Å². The second kappa shape index (κ2) is 4.88. The van der Waals surface area contributed by atoms with Gasteiger partial charge in [0.2, 0.25) is 0 Å². The van der Waals surface area contributed by atoms with Gasteiger partial charge in [-0.2, -0.15) is 0 Å². The molecular formula is C13H20O5. The van der Waals surface area contributed by atoms with Crippen molar-refractivity contribution in [3.63, 3.8) is 0 Å². The summed E-state index contributed by atoms with van der Waals surface area (Å²) in [5.41, 5.74) is -0.839. The van der Waals surface area contributed by atoms with Gasteiger partial charge in [0.05, 0.1) is 18.6 Å². The summed E-state index contributed by atoms with van der Waals surface area (Å²) in [6, 6.07) is 0. The lowest BCUT2D eigenvalue weighted by Gasteiger charge is -2.50. The van der Waals surface area contributed by atoms with Gasteiger partial charge in [-0.05, 0) is 32.6 Å². The number of carbonyl (C=O) groups is 2. The normalized spacial score (nSPS) is 34.1. The molecule has 5 nitrogen and oxygen atoms in total. The third-order valence-corrected chi connectivity index (χ3v) is 4.02. The molecule has 102 valence electrons. The molecule has 18 heavy (non-hydrogen) atoms. The zero-order valence-electron chi connectivity index (χ0n) is 11.0. The van der Waals surface area contributed by atoms with Crippen LogP contribution in [0.25, 0.3) is 0 Å². The molecule has 3 fully saturated rings. The van der Waals surface area contributed by atoms with Crippen LogP contribution < -0.4 is 0 Å². The fraction of sp³-hybridized carbons (Fsp3) is 0.846. The standard InChI is InChI=1S/C13H20O5/c1-3-16-11(15)12-4-6-13(7-5-12,18-8-12)9-17-10(2)14/h3-9H2,1-2H3. The minimum Gasteiger partial charge on any atom is -0.465 e. The fourth-order valence-corrected chi connectivity index (χ4v) is 2.73. The Labute approximate surface area is 107 Å². The number of ether oxygens (including phenoxy) is 3. The molecule has 3 aliphatic rings. The van der Waals surface area contributed by atoms with Crippen LogP contribution in [-0.4, -0.2) is 37.4 Å². The Kier molecular flexibility index (Phi) is 3.61. The monoisotopic (exact) mass is 256 g/mol. The van der Waals surface area contributed by atoms with Gasteiger partial charge in [0, 0.05) is 6.92 Å². The van der Waals surface area contributed by atoms with Crippen LogP contribution in [0.1, 0.15) is 39.5 Å². The molecule has 0 amide bonds. The van der Waals surface area contributed by atoms with Crippen LogP contribution in [0, 0.1) is 5.41 Å². The van der Waals surface area contributed by atoms with Crippen LogP contribution in [0.3, 0.4) is 0 Å². The van der Waals surface area contributed by atoms with Gasteiger partial charge in [0.15, 0.2) is 0 Å². The Balaban J connectivity index is 1.97. The van der Waals surface area contributed by atoms with E-state index in [4.69, 9.17) is 14.2 Å². The molecule has 0 radical (unpaired) electrons. The van der Waals surface area contributed by atoms with Crippen LogP contribution in [0.15, 0.2) is 0 Å². The molecule has 2 bridgehead atoms. The predicted octanol–water partition coefficient (Wildman–Crippen LogP) is 1.44. The first kappa shape index (κ1) is 13.3. The van der Waals surface area contributed by atoms with Gasteiger partial charge >= 0.3 is 11.9 Å². The molecule has 1 aliphatic carbocycles. The van der Waals surface area contributed by atoms with Crippen molar-refractivity contribution in [2.75, 3.05) is 19.8 Å². The molecule has 0 atom stereocenters. The second-order valence-electron chi connectivity index (χ2n) is 5.25. The summed E-state index contributed by atoms with van der Waals surface area (Å²) < 4.78 is 16.0. The van der Waals surface area contributed by atoms with Crippen LogP contribution in [0.5, 0.6) is 0 Å². The molecule has 3 rings (SSSR count). The highest BCUT2D eigenvalue weighted by Crippen LogP contribution is 2.49. The topological polar surface area (TPSA) is 61.8 Å². The first-order valence-corrected chi connectivity index (χ1v) is 6.47. The lowest BCUT2D eigenvalue weighted by molar-refractivity contribution is -0.218. The first-order valence-electron chi connectivity index (χ1n) is 6.47. The van der Waals surface area contributed by atoms with Gasteiger partial charge in [-0.3, -0.25) is 9.59 Å². The molecule has 2 heterocycles. The quantitative estimate of drug-likeness (QED) is 0.712. The van der Waals surface area contributed by atoms with E-state index in [0.29, 0.717) is 19.8 Å². The highest BCUT2D eigenvalue weighted by Gasteiger charge is 2.54. The van der Waals surface area contributed by atoms with E-state index in [9.17, 15) is 9.59 Å². The first-order chi connectivity index (χ1) is 8.52. The average Bonchev–Trinajstić information content (AvgIpc) is 2.39. The summed E-state index contributed by atoms with van der Waals surface area (Å²) in [5, 5.41) is 0. The van der Waals surface area contributed by atoms with E-state index >= 15 is 0 Å². The maximum Gasteiger partial charge on any atom is 0.314 e. The number of hydrogen-bond acceptors (Lipinski definition) is 5. The van der Waals surface area contributed by atoms with Gasteiger partial charge in [0.25, 0.3) is 0 Å². The van der Waals surface area contributed by atoms with Gasteiger partial charge in [-0.25, -0.2) is 0 Å². The van der Waals surface area contributed by atoms with Crippen molar-refractivity contribution >= 4 is 11.9 Å². The summed E-state index contributed by atoms with van der Waals surface area (Å²) in [6.07, 6.45) is 3.01. The van der Waals surface area contributed by atoms with E-state index in [1.165, 1.54) is 6.92 Å². The van der Waals surface area contributed by atoms with Crippen LogP contribution in [-0.2, 0) is 23.8 Å². The van der Waals surface area contributed by atoms with Gasteiger partial charge < -0.3 is 14.2 Å². The average molecular weight is 256 g/mol. The third kappa shape index (κ3) is 2.36. The largest absolute Gasteiger partial charge is 0.465 e. The van der Waals surface area contributed by atoms with E-state index in [1.54, 1.807) is 0 Å². The molecule has 2 aliphatic heterocycles. The highest BCUT2D eigenvalue weighted by atomic mass is 16.6. The van der Waals surface area contributed by atoms with Crippen molar-refractivity contribution < 1.29 is 23.8 Å². The molecule has 2 saturated heterocycles.